The Bertz CT molecular complexity index is 528. The lowest BCUT2D eigenvalue weighted by Crippen LogP contribution is -2.29. The highest BCUT2D eigenvalue weighted by Gasteiger charge is 2.34. The normalized spacial score (nSPS) is 19.9. The van der Waals surface area contributed by atoms with Gasteiger partial charge in [0.2, 0.25) is 0 Å². The van der Waals surface area contributed by atoms with Crippen molar-refractivity contribution in [1.29, 1.82) is 0 Å². The van der Waals surface area contributed by atoms with Crippen LogP contribution in [-0.4, -0.2) is 41.1 Å². The maximum atomic E-state index is 12.2. The SMILES string of the molecule is CC1CC1CN(C)C(=O)c1ccc(C#CCCO)cn1. The molecular formula is C16H20N2O2. The van der Waals surface area contributed by atoms with Gasteiger partial charge in [0.1, 0.15) is 5.69 Å². The highest BCUT2D eigenvalue weighted by atomic mass is 16.2. The molecule has 2 rings (SSSR count). The van der Waals surface area contributed by atoms with Crippen LogP contribution in [0.4, 0.5) is 0 Å². The zero-order valence-electron chi connectivity index (χ0n) is 12.0. The van der Waals surface area contributed by atoms with Gasteiger partial charge in [-0.3, -0.25) is 4.79 Å². The minimum atomic E-state index is -0.0426. The minimum Gasteiger partial charge on any atom is -0.395 e. The highest BCUT2D eigenvalue weighted by Crippen LogP contribution is 2.38. The summed E-state index contributed by atoms with van der Waals surface area (Å²) in [6.45, 7) is 3.07. The van der Waals surface area contributed by atoms with E-state index < -0.39 is 0 Å². The first-order chi connectivity index (χ1) is 9.61. The van der Waals surface area contributed by atoms with Crippen molar-refractivity contribution in [3.8, 4) is 11.8 Å². The van der Waals surface area contributed by atoms with Gasteiger partial charge in [-0.2, -0.15) is 0 Å². The van der Waals surface area contributed by atoms with Crippen LogP contribution in [0.1, 0.15) is 35.8 Å². The Labute approximate surface area is 119 Å². The van der Waals surface area contributed by atoms with Crippen molar-refractivity contribution >= 4 is 5.91 Å². The number of carbonyl (C=O) groups excluding carboxylic acids is 1. The van der Waals surface area contributed by atoms with Gasteiger partial charge in [-0.15, -0.1) is 0 Å². The number of amides is 1. The molecule has 1 aromatic heterocycles. The fraction of sp³-hybridized carbons (Fsp3) is 0.500. The molecule has 106 valence electrons. The van der Waals surface area contributed by atoms with Gasteiger partial charge in [0, 0.05) is 31.8 Å². The van der Waals surface area contributed by atoms with Crippen LogP contribution in [0.25, 0.3) is 0 Å². The molecule has 0 saturated heterocycles. The summed E-state index contributed by atoms with van der Waals surface area (Å²) in [5, 5.41) is 8.65. The van der Waals surface area contributed by atoms with E-state index >= 15 is 0 Å². The molecule has 0 spiro atoms. The first-order valence-corrected chi connectivity index (χ1v) is 6.93. The molecule has 1 heterocycles. The molecule has 1 amide bonds. The Morgan fingerprint density at radius 3 is 2.85 bits per heavy atom. The molecule has 4 nitrogen and oxygen atoms in total. The molecule has 0 aromatic carbocycles. The second-order valence-corrected chi connectivity index (χ2v) is 5.37. The number of carbonyl (C=O) groups is 1. The maximum Gasteiger partial charge on any atom is 0.272 e. The van der Waals surface area contributed by atoms with E-state index in [4.69, 9.17) is 5.11 Å². The lowest BCUT2D eigenvalue weighted by Gasteiger charge is -2.16. The van der Waals surface area contributed by atoms with E-state index in [1.54, 1.807) is 23.2 Å². The summed E-state index contributed by atoms with van der Waals surface area (Å²) in [5.41, 5.74) is 1.21. The minimum absolute atomic E-state index is 0.0426. The molecule has 0 radical (unpaired) electrons. The van der Waals surface area contributed by atoms with Crippen LogP contribution in [0, 0.1) is 23.7 Å². The zero-order chi connectivity index (χ0) is 14.5. The van der Waals surface area contributed by atoms with E-state index in [0.717, 1.165) is 18.0 Å². The van der Waals surface area contributed by atoms with Crippen molar-refractivity contribution in [3.05, 3.63) is 29.6 Å². The number of aliphatic hydroxyl groups is 1. The van der Waals surface area contributed by atoms with Crippen molar-refractivity contribution in [2.75, 3.05) is 20.2 Å². The Morgan fingerprint density at radius 2 is 2.30 bits per heavy atom. The van der Waals surface area contributed by atoms with Gasteiger partial charge < -0.3 is 10.0 Å². The predicted octanol–water partition coefficient (Wildman–Crippen LogP) is 1.54. The molecule has 1 saturated carbocycles. The first kappa shape index (κ1) is 14.5. The van der Waals surface area contributed by atoms with E-state index in [0.29, 0.717) is 18.0 Å². The van der Waals surface area contributed by atoms with Crippen LogP contribution in [-0.2, 0) is 0 Å². The number of aromatic nitrogens is 1. The van der Waals surface area contributed by atoms with Gasteiger partial charge in [0.05, 0.1) is 6.61 Å². The van der Waals surface area contributed by atoms with Crippen LogP contribution in [0.15, 0.2) is 18.3 Å². The summed E-state index contributed by atoms with van der Waals surface area (Å²) in [4.78, 5) is 18.1. The van der Waals surface area contributed by atoms with Crippen LogP contribution < -0.4 is 0 Å². The van der Waals surface area contributed by atoms with Crippen LogP contribution in [0.2, 0.25) is 0 Å². The molecule has 0 bridgehead atoms. The fourth-order valence-electron chi connectivity index (χ4n) is 2.10. The Hall–Kier alpha value is -1.86. The van der Waals surface area contributed by atoms with Crippen molar-refractivity contribution in [3.63, 3.8) is 0 Å². The third-order valence-electron chi connectivity index (χ3n) is 3.58. The lowest BCUT2D eigenvalue weighted by atomic mass is 10.2. The molecule has 1 aliphatic rings. The van der Waals surface area contributed by atoms with Crippen molar-refractivity contribution < 1.29 is 9.90 Å². The van der Waals surface area contributed by atoms with E-state index in [1.165, 1.54) is 6.42 Å². The van der Waals surface area contributed by atoms with Crippen molar-refractivity contribution in [2.24, 2.45) is 11.8 Å². The number of nitrogens with zero attached hydrogens (tertiary/aromatic N) is 2. The Morgan fingerprint density at radius 1 is 1.55 bits per heavy atom. The van der Waals surface area contributed by atoms with Crippen LogP contribution >= 0.6 is 0 Å². The highest BCUT2D eigenvalue weighted by molar-refractivity contribution is 5.92. The van der Waals surface area contributed by atoms with Crippen LogP contribution in [0.5, 0.6) is 0 Å². The van der Waals surface area contributed by atoms with Gasteiger partial charge in [0.25, 0.3) is 5.91 Å². The molecule has 1 aliphatic carbocycles. The predicted molar refractivity (Wildman–Crippen MR) is 77.0 cm³/mol. The van der Waals surface area contributed by atoms with Crippen LogP contribution in [0.3, 0.4) is 0 Å². The quantitative estimate of drug-likeness (QED) is 0.846. The molecule has 1 aromatic rings. The number of pyridine rings is 1. The summed E-state index contributed by atoms with van der Waals surface area (Å²) in [6.07, 6.45) is 3.26. The summed E-state index contributed by atoms with van der Waals surface area (Å²) < 4.78 is 0. The van der Waals surface area contributed by atoms with Gasteiger partial charge >= 0.3 is 0 Å². The van der Waals surface area contributed by atoms with E-state index in [1.807, 2.05) is 7.05 Å². The molecule has 0 aliphatic heterocycles. The third kappa shape index (κ3) is 3.82. The topological polar surface area (TPSA) is 53.4 Å². The van der Waals surface area contributed by atoms with Crippen molar-refractivity contribution in [2.45, 2.75) is 19.8 Å². The number of aliphatic hydroxyl groups excluding tert-OH is 1. The zero-order valence-corrected chi connectivity index (χ0v) is 12.0. The monoisotopic (exact) mass is 272 g/mol. The summed E-state index contributed by atoms with van der Waals surface area (Å²) in [7, 11) is 1.82. The average Bonchev–Trinajstić information content (AvgIpc) is 3.14. The molecule has 2 unspecified atom stereocenters. The smallest absolute Gasteiger partial charge is 0.272 e. The second-order valence-electron chi connectivity index (χ2n) is 5.37. The van der Waals surface area contributed by atoms with E-state index in [9.17, 15) is 4.79 Å². The average molecular weight is 272 g/mol. The van der Waals surface area contributed by atoms with Gasteiger partial charge in [-0.1, -0.05) is 18.8 Å². The third-order valence-corrected chi connectivity index (χ3v) is 3.58. The Kier molecular flexibility index (Phi) is 4.75. The van der Waals surface area contributed by atoms with Gasteiger partial charge in [0.15, 0.2) is 0 Å². The number of hydrogen-bond donors (Lipinski definition) is 1. The second kappa shape index (κ2) is 6.53. The fourth-order valence-corrected chi connectivity index (χ4v) is 2.10. The molecule has 1 fully saturated rings. The maximum absolute atomic E-state index is 12.2. The molecule has 4 heteroatoms. The summed E-state index contributed by atoms with van der Waals surface area (Å²) in [5.74, 6) is 7.06. The molecule has 20 heavy (non-hydrogen) atoms. The van der Waals surface area contributed by atoms with Gasteiger partial charge in [-0.05, 0) is 30.4 Å². The van der Waals surface area contributed by atoms with Crippen molar-refractivity contribution in [1.82, 2.24) is 9.88 Å². The molecular weight excluding hydrogens is 252 g/mol. The standard InChI is InChI=1S/C16H20N2O2/c1-12-9-14(12)11-18(2)16(20)15-7-6-13(10-17-15)5-3-4-8-19/h6-7,10,12,14,19H,4,8-9,11H2,1-2H3. The Balaban J connectivity index is 1.95. The summed E-state index contributed by atoms with van der Waals surface area (Å²) in [6, 6.07) is 3.50. The lowest BCUT2D eigenvalue weighted by molar-refractivity contribution is 0.0781. The number of rotatable bonds is 4. The number of hydrogen-bond acceptors (Lipinski definition) is 3. The van der Waals surface area contributed by atoms with E-state index in [2.05, 4.69) is 23.7 Å². The largest absolute Gasteiger partial charge is 0.395 e. The van der Waals surface area contributed by atoms with Gasteiger partial charge in [-0.25, -0.2) is 4.98 Å². The first-order valence-electron chi connectivity index (χ1n) is 6.93. The summed E-state index contributed by atoms with van der Waals surface area (Å²) >= 11 is 0. The van der Waals surface area contributed by atoms with E-state index in [-0.39, 0.29) is 12.5 Å². The molecule has 2 atom stereocenters. The molecule has 1 N–H and O–H groups in total.